The van der Waals surface area contributed by atoms with E-state index in [2.05, 4.69) is 0 Å². The van der Waals surface area contributed by atoms with Crippen molar-refractivity contribution >= 4 is 17.3 Å². The van der Waals surface area contributed by atoms with Gasteiger partial charge in [0.1, 0.15) is 6.10 Å². The normalized spacial score (nSPS) is 24.4. The number of nitro benzene ring substituents is 1. The number of nitrogens with zero attached hydrogens (tertiary/aromatic N) is 1. The van der Waals surface area contributed by atoms with Crippen molar-refractivity contribution in [2.24, 2.45) is 5.41 Å². The third-order valence-corrected chi connectivity index (χ3v) is 4.43. The Bertz CT molecular complexity index is 503. The first kappa shape index (κ1) is 13.9. The lowest BCUT2D eigenvalue weighted by molar-refractivity contribution is -0.385. The lowest BCUT2D eigenvalue weighted by Gasteiger charge is -2.48. The Kier molecular flexibility index (Phi) is 3.58. The minimum Gasteiger partial charge on any atom is -0.493 e. The molecule has 1 saturated carbocycles. The number of halogens is 1. The van der Waals surface area contributed by atoms with Gasteiger partial charge in [0.2, 0.25) is 0 Å². The van der Waals surface area contributed by atoms with Crippen molar-refractivity contribution in [1.29, 1.82) is 0 Å². The molecule has 0 amide bonds. The van der Waals surface area contributed by atoms with Crippen LogP contribution in [0.4, 0.5) is 5.69 Å². The van der Waals surface area contributed by atoms with Gasteiger partial charge < -0.3 is 9.47 Å². The van der Waals surface area contributed by atoms with Gasteiger partial charge in [-0.1, -0.05) is 13.8 Å². The molecule has 0 saturated heterocycles. The number of hydrogen-bond acceptors (Lipinski definition) is 4. The minimum absolute atomic E-state index is 0.00893. The number of hydrogen-bond donors (Lipinski definition) is 0. The second kappa shape index (κ2) is 4.89. The highest BCUT2D eigenvalue weighted by Gasteiger charge is 2.49. The first-order valence-corrected chi connectivity index (χ1v) is 6.43. The SMILES string of the molecule is COc1cc([N+](=O)[O-])ccc1OC1CC(Cl)C1(C)C. The fraction of sp³-hybridized carbons (Fsp3) is 0.538. The number of ether oxygens (including phenoxy) is 2. The standard InChI is InChI=1S/C13H16ClNO4/c1-13(2)11(14)7-12(13)19-9-5-4-8(15(16)17)6-10(9)18-3/h4-6,11-12H,7H2,1-3H3. The summed E-state index contributed by atoms with van der Waals surface area (Å²) < 4.78 is 11.0. The molecular weight excluding hydrogens is 270 g/mol. The summed E-state index contributed by atoms with van der Waals surface area (Å²) in [7, 11) is 1.46. The summed E-state index contributed by atoms with van der Waals surface area (Å²) in [5.74, 6) is 0.873. The van der Waals surface area contributed by atoms with Crippen LogP contribution in [0.15, 0.2) is 18.2 Å². The number of non-ortho nitro benzene ring substituents is 1. The van der Waals surface area contributed by atoms with E-state index in [1.54, 1.807) is 6.07 Å². The largest absolute Gasteiger partial charge is 0.493 e. The summed E-state index contributed by atoms with van der Waals surface area (Å²) in [4.78, 5) is 10.2. The Morgan fingerprint density at radius 2 is 2.11 bits per heavy atom. The average molecular weight is 286 g/mol. The van der Waals surface area contributed by atoms with Crippen molar-refractivity contribution in [3.63, 3.8) is 0 Å². The van der Waals surface area contributed by atoms with Crippen molar-refractivity contribution < 1.29 is 14.4 Å². The Balaban J connectivity index is 2.19. The zero-order valence-corrected chi connectivity index (χ0v) is 11.8. The Labute approximate surface area is 116 Å². The molecule has 104 valence electrons. The number of methoxy groups -OCH3 is 1. The van der Waals surface area contributed by atoms with Crippen molar-refractivity contribution in [3.8, 4) is 11.5 Å². The Morgan fingerprint density at radius 1 is 1.42 bits per heavy atom. The monoisotopic (exact) mass is 285 g/mol. The van der Waals surface area contributed by atoms with Crippen LogP contribution < -0.4 is 9.47 Å². The second-order valence-corrected chi connectivity index (χ2v) is 5.75. The Morgan fingerprint density at radius 3 is 2.58 bits per heavy atom. The van der Waals surface area contributed by atoms with Gasteiger partial charge in [-0.05, 0) is 6.07 Å². The van der Waals surface area contributed by atoms with Gasteiger partial charge in [-0.15, -0.1) is 11.6 Å². The van der Waals surface area contributed by atoms with E-state index < -0.39 is 4.92 Å². The summed E-state index contributed by atoms with van der Waals surface area (Å²) in [6, 6.07) is 4.33. The number of benzene rings is 1. The van der Waals surface area contributed by atoms with E-state index in [9.17, 15) is 10.1 Å². The predicted octanol–water partition coefficient (Wildman–Crippen LogP) is 3.39. The van der Waals surface area contributed by atoms with Crippen molar-refractivity contribution in [2.45, 2.75) is 31.7 Å². The maximum absolute atomic E-state index is 10.7. The number of alkyl halides is 1. The van der Waals surface area contributed by atoms with Gasteiger partial charge in [-0.3, -0.25) is 10.1 Å². The van der Waals surface area contributed by atoms with Crippen LogP contribution in [0.5, 0.6) is 11.5 Å². The van der Waals surface area contributed by atoms with E-state index in [0.717, 1.165) is 6.42 Å². The van der Waals surface area contributed by atoms with Gasteiger partial charge in [0.15, 0.2) is 11.5 Å². The van der Waals surface area contributed by atoms with Gasteiger partial charge in [0.05, 0.1) is 18.1 Å². The number of rotatable bonds is 4. The van der Waals surface area contributed by atoms with Crippen LogP contribution in [0.1, 0.15) is 20.3 Å². The molecule has 0 heterocycles. The molecule has 2 rings (SSSR count). The van der Waals surface area contributed by atoms with E-state index in [-0.39, 0.29) is 22.6 Å². The van der Waals surface area contributed by atoms with E-state index >= 15 is 0 Å². The maximum atomic E-state index is 10.7. The van der Waals surface area contributed by atoms with Gasteiger partial charge in [-0.25, -0.2) is 0 Å². The highest BCUT2D eigenvalue weighted by molar-refractivity contribution is 6.21. The summed E-state index contributed by atoms with van der Waals surface area (Å²) in [6.07, 6.45) is 0.750. The summed E-state index contributed by atoms with van der Waals surface area (Å²) >= 11 is 6.14. The second-order valence-electron chi connectivity index (χ2n) is 5.22. The molecule has 5 nitrogen and oxygen atoms in total. The summed E-state index contributed by atoms with van der Waals surface area (Å²) in [5.41, 5.74) is -0.138. The maximum Gasteiger partial charge on any atom is 0.273 e. The molecular formula is C13H16ClNO4. The Hall–Kier alpha value is -1.49. The van der Waals surface area contributed by atoms with Gasteiger partial charge in [-0.2, -0.15) is 0 Å². The quantitative estimate of drug-likeness (QED) is 0.483. The van der Waals surface area contributed by atoms with E-state index in [1.807, 2.05) is 13.8 Å². The third-order valence-electron chi connectivity index (χ3n) is 3.69. The average Bonchev–Trinajstić information content (AvgIpc) is 2.38. The molecule has 2 atom stereocenters. The molecule has 0 aromatic heterocycles. The molecule has 1 aliphatic rings. The molecule has 1 aliphatic carbocycles. The van der Waals surface area contributed by atoms with Crippen molar-refractivity contribution in [2.75, 3.05) is 7.11 Å². The van der Waals surface area contributed by atoms with Crippen molar-refractivity contribution in [1.82, 2.24) is 0 Å². The molecule has 0 bridgehead atoms. The molecule has 0 N–H and O–H groups in total. The van der Waals surface area contributed by atoms with Crippen LogP contribution >= 0.6 is 11.6 Å². The van der Waals surface area contributed by atoms with Gasteiger partial charge in [0, 0.05) is 23.3 Å². The number of nitro groups is 1. The van der Waals surface area contributed by atoms with Crippen LogP contribution in [0.2, 0.25) is 0 Å². The van der Waals surface area contributed by atoms with Crippen LogP contribution in [0.25, 0.3) is 0 Å². The molecule has 2 unspecified atom stereocenters. The molecule has 6 heteroatoms. The summed E-state index contributed by atoms with van der Waals surface area (Å²) in [6.45, 7) is 4.08. The van der Waals surface area contributed by atoms with Crippen LogP contribution in [-0.2, 0) is 0 Å². The first-order valence-electron chi connectivity index (χ1n) is 5.99. The molecule has 0 radical (unpaired) electrons. The third kappa shape index (κ3) is 2.47. The molecule has 19 heavy (non-hydrogen) atoms. The smallest absolute Gasteiger partial charge is 0.273 e. The fourth-order valence-electron chi connectivity index (χ4n) is 2.06. The highest BCUT2D eigenvalue weighted by Crippen LogP contribution is 2.47. The van der Waals surface area contributed by atoms with Crippen LogP contribution in [-0.4, -0.2) is 23.5 Å². The van der Waals surface area contributed by atoms with E-state index in [1.165, 1.54) is 19.2 Å². The van der Waals surface area contributed by atoms with Gasteiger partial charge in [0.25, 0.3) is 5.69 Å². The topological polar surface area (TPSA) is 61.6 Å². The highest BCUT2D eigenvalue weighted by atomic mass is 35.5. The zero-order chi connectivity index (χ0) is 14.2. The van der Waals surface area contributed by atoms with E-state index in [4.69, 9.17) is 21.1 Å². The fourth-order valence-corrected chi connectivity index (χ4v) is 2.36. The van der Waals surface area contributed by atoms with Gasteiger partial charge >= 0.3 is 0 Å². The van der Waals surface area contributed by atoms with Crippen molar-refractivity contribution in [3.05, 3.63) is 28.3 Å². The van der Waals surface area contributed by atoms with Crippen LogP contribution in [0.3, 0.4) is 0 Å². The van der Waals surface area contributed by atoms with E-state index in [0.29, 0.717) is 11.5 Å². The molecule has 0 spiro atoms. The zero-order valence-electron chi connectivity index (χ0n) is 11.1. The lowest BCUT2D eigenvalue weighted by atomic mass is 9.68. The minimum atomic E-state index is -0.464. The molecule has 1 aromatic rings. The van der Waals surface area contributed by atoms with Crippen LogP contribution in [0, 0.1) is 15.5 Å². The molecule has 0 aliphatic heterocycles. The molecule has 1 aromatic carbocycles. The molecule has 1 fully saturated rings. The first-order chi connectivity index (χ1) is 8.86. The predicted molar refractivity (Wildman–Crippen MR) is 72.1 cm³/mol. The lowest BCUT2D eigenvalue weighted by Crippen LogP contribution is -2.53. The summed E-state index contributed by atoms with van der Waals surface area (Å²) in [5, 5.41) is 10.8.